The van der Waals surface area contributed by atoms with Gasteiger partial charge < -0.3 is 14.6 Å². The third kappa shape index (κ3) is 1.86. The molecule has 2 aromatic rings. The monoisotopic (exact) mass is 358 g/mol. The molecule has 1 aromatic heterocycles. The first-order chi connectivity index (χ1) is 12.0. The van der Waals surface area contributed by atoms with Gasteiger partial charge in [0, 0.05) is 6.07 Å². The first kappa shape index (κ1) is 14.9. The highest BCUT2D eigenvalue weighted by Crippen LogP contribution is 2.53. The number of nitrogens with zero attached hydrogens (tertiary/aromatic N) is 2. The molecule has 8 heteroatoms. The molecule has 0 saturated carbocycles. The Hall–Kier alpha value is -2.45. The van der Waals surface area contributed by atoms with Gasteiger partial charge in [-0.25, -0.2) is 4.98 Å². The number of carbonyl (C=O) groups excluding carboxylic acids is 1. The van der Waals surface area contributed by atoms with E-state index in [9.17, 15) is 14.7 Å². The molecular formula is C17H14N2O5S. The molecule has 3 aliphatic rings. The van der Waals surface area contributed by atoms with Crippen LogP contribution >= 0.6 is 11.3 Å². The maximum absolute atomic E-state index is 13.0. The number of ether oxygens (including phenoxy) is 2. The van der Waals surface area contributed by atoms with Crippen LogP contribution in [-0.4, -0.2) is 47.3 Å². The summed E-state index contributed by atoms with van der Waals surface area (Å²) in [4.78, 5) is 30.7. The Labute approximate surface area is 146 Å². The van der Waals surface area contributed by atoms with Crippen LogP contribution in [0, 0.1) is 11.8 Å². The van der Waals surface area contributed by atoms with Crippen molar-refractivity contribution in [2.24, 2.45) is 11.8 Å². The Bertz CT molecular complexity index is 954. The smallest absolute Gasteiger partial charge is 0.310 e. The van der Waals surface area contributed by atoms with Crippen molar-refractivity contribution >= 4 is 38.6 Å². The molecule has 0 unspecified atom stereocenters. The summed E-state index contributed by atoms with van der Waals surface area (Å²) in [5, 5.41) is 10.1. The molecule has 7 nitrogen and oxygen atoms in total. The van der Waals surface area contributed by atoms with E-state index in [1.807, 2.05) is 24.3 Å². The molecule has 2 bridgehead atoms. The van der Waals surface area contributed by atoms with Gasteiger partial charge in [-0.15, -0.1) is 0 Å². The lowest BCUT2D eigenvalue weighted by Gasteiger charge is -2.21. The molecule has 2 saturated heterocycles. The number of methoxy groups -OCH3 is 1. The molecule has 1 spiro atoms. The minimum Gasteiger partial charge on any atom is -0.497 e. The largest absolute Gasteiger partial charge is 0.497 e. The van der Waals surface area contributed by atoms with E-state index in [4.69, 9.17) is 9.47 Å². The van der Waals surface area contributed by atoms with Gasteiger partial charge in [-0.3, -0.25) is 14.5 Å². The fourth-order valence-corrected chi connectivity index (χ4v) is 5.03. The minimum absolute atomic E-state index is 0.231. The average Bonchev–Trinajstić information content (AvgIpc) is 3.32. The second kappa shape index (κ2) is 4.80. The van der Waals surface area contributed by atoms with Crippen LogP contribution in [-0.2, 0) is 14.3 Å². The third-order valence-electron chi connectivity index (χ3n) is 5.20. The fraction of sp³-hybridized carbons (Fsp3) is 0.353. The van der Waals surface area contributed by atoms with Crippen molar-refractivity contribution in [2.45, 2.75) is 11.7 Å². The molecule has 0 aliphatic carbocycles. The average molecular weight is 358 g/mol. The van der Waals surface area contributed by atoms with E-state index in [1.165, 1.54) is 11.3 Å². The summed E-state index contributed by atoms with van der Waals surface area (Å²) in [6.45, 7) is 0.296. The molecule has 128 valence electrons. The number of rotatable bonds is 3. The number of fused-ring (bicyclic) bond motifs is 2. The SMILES string of the molecule is COc1ccc2sc(N3C[C@]45C=C[C@H](O4)[C@@H](C(=O)O)[C@@H]5C3=O)nc2c1. The van der Waals surface area contributed by atoms with Crippen molar-refractivity contribution in [2.75, 3.05) is 18.6 Å². The Morgan fingerprint density at radius 3 is 3.12 bits per heavy atom. The molecule has 1 N–H and O–H groups in total. The lowest BCUT2D eigenvalue weighted by molar-refractivity contribution is -0.146. The van der Waals surface area contributed by atoms with Crippen molar-refractivity contribution in [1.29, 1.82) is 0 Å². The Balaban J connectivity index is 1.55. The maximum Gasteiger partial charge on any atom is 0.310 e. The zero-order valence-corrected chi connectivity index (χ0v) is 14.0. The van der Waals surface area contributed by atoms with Crippen LogP contribution in [0.5, 0.6) is 5.75 Å². The summed E-state index contributed by atoms with van der Waals surface area (Å²) in [6.07, 6.45) is 3.08. The summed E-state index contributed by atoms with van der Waals surface area (Å²) in [5.74, 6) is -2.06. The number of carboxylic acid groups (broad SMARTS) is 1. The minimum atomic E-state index is -0.995. The third-order valence-corrected chi connectivity index (χ3v) is 6.26. The van der Waals surface area contributed by atoms with E-state index >= 15 is 0 Å². The van der Waals surface area contributed by atoms with Crippen LogP contribution in [0.15, 0.2) is 30.4 Å². The predicted octanol–water partition coefficient (Wildman–Crippen LogP) is 1.68. The quantitative estimate of drug-likeness (QED) is 0.840. The number of aliphatic carboxylic acids is 1. The number of aromatic nitrogens is 1. The number of carboxylic acids is 1. The fourth-order valence-electron chi connectivity index (χ4n) is 4.08. The topological polar surface area (TPSA) is 89.0 Å². The molecule has 5 rings (SSSR count). The summed E-state index contributed by atoms with van der Waals surface area (Å²) in [5.41, 5.74) is -0.0994. The Morgan fingerprint density at radius 2 is 2.36 bits per heavy atom. The van der Waals surface area contributed by atoms with Crippen LogP contribution in [0.3, 0.4) is 0 Å². The summed E-state index contributed by atoms with van der Waals surface area (Å²) < 4.78 is 12.0. The van der Waals surface area contributed by atoms with E-state index < -0.39 is 29.5 Å². The van der Waals surface area contributed by atoms with Gasteiger partial charge in [0.2, 0.25) is 5.91 Å². The van der Waals surface area contributed by atoms with E-state index in [0.717, 1.165) is 10.2 Å². The van der Waals surface area contributed by atoms with E-state index in [-0.39, 0.29) is 5.91 Å². The lowest BCUT2D eigenvalue weighted by atomic mass is 9.77. The van der Waals surface area contributed by atoms with Crippen LogP contribution in [0.2, 0.25) is 0 Å². The molecule has 4 heterocycles. The second-order valence-electron chi connectivity index (χ2n) is 6.49. The Morgan fingerprint density at radius 1 is 1.52 bits per heavy atom. The highest BCUT2D eigenvalue weighted by molar-refractivity contribution is 7.22. The first-order valence-corrected chi connectivity index (χ1v) is 8.70. The molecule has 25 heavy (non-hydrogen) atoms. The number of anilines is 1. The van der Waals surface area contributed by atoms with Crippen LogP contribution in [0.1, 0.15) is 0 Å². The van der Waals surface area contributed by atoms with Crippen molar-refractivity contribution in [1.82, 2.24) is 4.98 Å². The van der Waals surface area contributed by atoms with Crippen molar-refractivity contribution in [3.63, 3.8) is 0 Å². The number of hydrogen-bond donors (Lipinski definition) is 1. The predicted molar refractivity (Wildman–Crippen MR) is 89.9 cm³/mol. The number of hydrogen-bond acceptors (Lipinski definition) is 6. The number of amides is 1. The van der Waals surface area contributed by atoms with E-state index in [2.05, 4.69) is 4.98 Å². The molecule has 1 aromatic carbocycles. The first-order valence-electron chi connectivity index (χ1n) is 7.88. The van der Waals surface area contributed by atoms with Gasteiger partial charge in [0.1, 0.15) is 17.3 Å². The molecule has 0 radical (unpaired) electrons. The van der Waals surface area contributed by atoms with Crippen molar-refractivity contribution < 1.29 is 24.2 Å². The molecule has 4 atom stereocenters. The summed E-state index contributed by atoms with van der Waals surface area (Å²) >= 11 is 1.40. The van der Waals surface area contributed by atoms with Gasteiger partial charge in [-0.05, 0) is 12.1 Å². The number of thiazole rings is 1. The highest BCUT2D eigenvalue weighted by Gasteiger charge is 2.67. The van der Waals surface area contributed by atoms with Crippen LogP contribution < -0.4 is 9.64 Å². The van der Waals surface area contributed by atoms with Gasteiger partial charge in [-0.1, -0.05) is 23.5 Å². The molecule has 2 fully saturated rings. The standard InChI is InChI=1S/C17H14N2O5S/c1-23-8-2-3-11-9(6-8)18-16(25-11)19-7-17-5-4-10(24-17)12(15(21)22)13(17)14(19)20/h2-6,10,12-13H,7H2,1H3,(H,21,22)/t10-,12+,13+,17-/m0/s1. The molecule has 3 aliphatic heterocycles. The van der Waals surface area contributed by atoms with Crippen LogP contribution in [0.4, 0.5) is 5.13 Å². The van der Waals surface area contributed by atoms with E-state index in [0.29, 0.717) is 17.4 Å². The summed E-state index contributed by atoms with van der Waals surface area (Å²) in [6, 6.07) is 5.56. The molecular weight excluding hydrogens is 344 g/mol. The normalized spacial score (nSPS) is 32.6. The highest BCUT2D eigenvalue weighted by atomic mass is 32.1. The lowest BCUT2D eigenvalue weighted by Crippen LogP contribution is -2.39. The summed E-state index contributed by atoms with van der Waals surface area (Å²) in [7, 11) is 1.59. The van der Waals surface area contributed by atoms with Crippen molar-refractivity contribution in [3.05, 3.63) is 30.4 Å². The van der Waals surface area contributed by atoms with Gasteiger partial charge in [-0.2, -0.15) is 0 Å². The van der Waals surface area contributed by atoms with E-state index in [1.54, 1.807) is 18.1 Å². The zero-order chi connectivity index (χ0) is 17.3. The van der Waals surface area contributed by atoms with Crippen LogP contribution in [0.25, 0.3) is 10.2 Å². The molecule has 1 amide bonds. The Kier molecular flexibility index (Phi) is 2.85. The number of benzene rings is 1. The number of carbonyl (C=O) groups is 2. The van der Waals surface area contributed by atoms with Gasteiger partial charge in [0.15, 0.2) is 5.13 Å². The van der Waals surface area contributed by atoms with Gasteiger partial charge in [0.25, 0.3) is 0 Å². The zero-order valence-electron chi connectivity index (χ0n) is 13.2. The van der Waals surface area contributed by atoms with Gasteiger partial charge in [0.05, 0.1) is 35.9 Å². The maximum atomic E-state index is 13.0. The second-order valence-corrected chi connectivity index (χ2v) is 7.50. The van der Waals surface area contributed by atoms with Gasteiger partial charge >= 0.3 is 5.97 Å². The van der Waals surface area contributed by atoms with Crippen molar-refractivity contribution in [3.8, 4) is 5.75 Å².